The van der Waals surface area contributed by atoms with Gasteiger partial charge < -0.3 is 5.73 Å². The van der Waals surface area contributed by atoms with Crippen molar-refractivity contribution in [2.45, 2.75) is 51.1 Å². The van der Waals surface area contributed by atoms with Crippen LogP contribution in [0.3, 0.4) is 0 Å². The highest BCUT2D eigenvalue weighted by Crippen LogP contribution is 2.59. The van der Waals surface area contributed by atoms with E-state index in [2.05, 4.69) is 22.4 Å². The third kappa shape index (κ3) is 1.86. The molecular weight excluding hydrogens is 246 g/mol. The Morgan fingerprint density at radius 2 is 1.85 bits per heavy atom. The number of nitrogens with two attached hydrogens (primary N) is 1. The SMILES string of the molecule is C=CCn1nc(CN)cc1C1C2CC3CC(C2)CC1C3. The van der Waals surface area contributed by atoms with Crippen molar-refractivity contribution in [2.24, 2.45) is 29.4 Å². The summed E-state index contributed by atoms with van der Waals surface area (Å²) in [5, 5.41) is 4.67. The fourth-order valence-electron chi connectivity index (χ4n) is 5.53. The smallest absolute Gasteiger partial charge is 0.0763 e. The predicted molar refractivity (Wildman–Crippen MR) is 80.1 cm³/mol. The molecule has 0 aliphatic heterocycles. The molecular formula is C17H25N3. The number of allylic oxidation sites excluding steroid dienone is 1. The first-order chi connectivity index (χ1) is 9.78. The van der Waals surface area contributed by atoms with Gasteiger partial charge in [-0.3, -0.25) is 4.68 Å². The van der Waals surface area contributed by atoms with Crippen LogP contribution in [0.5, 0.6) is 0 Å². The van der Waals surface area contributed by atoms with Gasteiger partial charge in [0.1, 0.15) is 0 Å². The molecule has 2 N–H and O–H groups in total. The first-order valence-corrected chi connectivity index (χ1v) is 8.16. The van der Waals surface area contributed by atoms with E-state index in [1.807, 2.05) is 6.08 Å². The van der Waals surface area contributed by atoms with Crippen molar-refractivity contribution in [3.8, 4) is 0 Å². The van der Waals surface area contributed by atoms with E-state index in [0.717, 1.165) is 41.8 Å². The van der Waals surface area contributed by atoms with Gasteiger partial charge in [-0.2, -0.15) is 5.10 Å². The first-order valence-electron chi connectivity index (χ1n) is 8.16. The van der Waals surface area contributed by atoms with Crippen LogP contribution in [0.25, 0.3) is 0 Å². The molecule has 1 heterocycles. The number of aromatic nitrogens is 2. The van der Waals surface area contributed by atoms with Crippen LogP contribution >= 0.6 is 0 Å². The quantitative estimate of drug-likeness (QED) is 0.855. The van der Waals surface area contributed by atoms with Crippen molar-refractivity contribution in [2.75, 3.05) is 0 Å². The summed E-state index contributed by atoms with van der Waals surface area (Å²) in [6, 6.07) is 2.27. The highest BCUT2D eigenvalue weighted by atomic mass is 15.3. The molecule has 0 unspecified atom stereocenters. The second-order valence-corrected chi connectivity index (χ2v) is 7.19. The van der Waals surface area contributed by atoms with E-state index >= 15 is 0 Å². The van der Waals surface area contributed by atoms with Gasteiger partial charge in [-0.15, -0.1) is 6.58 Å². The fraction of sp³-hybridized carbons (Fsp3) is 0.706. The van der Waals surface area contributed by atoms with E-state index in [9.17, 15) is 0 Å². The molecule has 1 aromatic rings. The Labute approximate surface area is 121 Å². The predicted octanol–water partition coefficient (Wildman–Crippen LogP) is 3.07. The van der Waals surface area contributed by atoms with E-state index in [1.54, 1.807) is 0 Å². The molecule has 108 valence electrons. The number of hydrogen-bond donors (Lipinski definition) is 1. The lowest BCUT2D eigenvalue weighted by Crippen LogP contribution is -2.44. The Hall–Kier alpha value is -1.09. The molecule has 0 atom stereocenters. The maximum absolute atomic E-state index is 5.80. The van der Waals surface area contributed by atoms with Crippen LogP contribution in [0.1, 0.15) is 49.4 Å². The summed E-state index contributed by atoms with van der Waals surface area (Å²) in [5.41, 5.74) is 8.28. The van der Waals surface area contributed by atoms with Gasteiger partial charge in [-0.25, -0.2) is 0 Å². The number of hydrogen-bond acceptors (Lipinski definition) is 2. The molecule has 4 aliphatic rings. The summed E-state index contributed by atoms with van der Waals surface area (Å²) in [6.45, 7) is 5.24. The van der Waals surface area contributed by atoms with Crippen LogP contribution in [0, 0.1) is 23.7 Å². The minimum absolute atomic E-state index is 0.546. The van der Waals surface area contributed by atoms with Crippen LogP contribution in [0.2, 0.25) is 0 Å². The molecule has 5 rings (SSSR count). The highest BCUT2D eigenvalue weighted by molar-refractivity contribution is 5.21. The van der Waals surface area contributed by atoms with E-state index < -0.39 is 0 Å². The Kier molecular flexibility index (Phi) is 2.99. The monoisotopic (exact) mass is 271 g/mol. The largest absolute Gasteiger partial charge is 0.325 e. The Morgan fingerprint density at radius 3 is 2.40 bits per heavy atom. The molecule has 4 aliphatic carbocycles. The van der Waals surface area contributed by atoms with Crippen molar-refractivity contribution >= 4 is 0 Å². The third-order valence-corrected chi connectivity index (χ3v) is 5.94. The molecule has 20 heavy (non-hydrogen) atoms. The van der Waals surface area contributed by atoms with Crippen LogP contribution in [-0.2, 0) is 13.1 Å². The van der Waals surface area contributed by atoms with Crippen molar-refractivity contribution < 1.29 is 0 Å². The molecule has 0 aromatic carbocycles. The van der Waals surface area contributed by atoms with E-state index in [4.69, 9.17) is 5.73 Å². The lowest BCUT2D eigenvalue weighted by molar-refractivity contribution is -0.00549. The highest BCUT2D eigenvalue weighted by Gasteiger charge is 2.49. The Balaban J connectivity index is 1.70. The molecule has 4 bridgehead atoms. The Morgan fingerprint density at radius 1 is 1.20 bits per heavy atom. The molecule has 0 saturated heterocycles. The summed E-state index contributed by atoms with van der Waals surface area (Å²) >= 11 is 0. The van der Waals surface area contributed by atoms with Gasteiger partial charge in [0, 0.05) is 18.2 Å². The Bertz CT molecular complexity index is 488. The van der Waals surface area contributed by atoms with Crippen LogP contribution in [0.15, 0.2) is 18.7 Å². The molecule has 0 spiro atoms. The van der Waals surface area contributed by atoms with E-state index in [0.29, 0.717) is 6.54 Å². The topological polar surface area (TPSA) is 43.8 Å². The molecule has 4 saturated carbocycles. The van der Waals surface area contributed by atoms with Crippen molar-refractivity contribution in [3.63, 3.8) is 0 Å². The summed E-state index contributed by atoms with van der Waals surface area (Å²) < 4.78 is 2.17. The molecule has 3 heteroatoms. The number of nitrogens with zero attached hydrogens (tertiary/aromatic N) is 2. The molecule has 0 amide bonds. The fourth-order valence-corrected chi connectivity index (χ4v) is 5.53. The molecule has 4 fully saturated rings. The van der Waals surface area contributed by atoms with Gasteiger partial charge in [-0.05, 0) is 61.8 Å². The maximum atomic E-state index is 5.80. The zero-order valence-electron chi connectivity index (χ0n) is 12.2. The summed E-state index contributed by atoms with van der Waals surface area (Å²) in [5.74, 6) is 4.59. The van der Waals surface area contributed by atoms with Crippen LogP contribution in [-0.4, -0.2) is 9.78 Å². The van der Waals surface area contributed by atoms with Crippen molar-refractivity contribution in [3.05, 3.63) is 30.1 Å². The zero-order chi connectivity index (χ0) is 13.7. The van der Waals surface area contributed by atoms with Crippen molar-refractivity contribution in [1.82, 2.24) is 9.78 Å². The van der Waals surface area contributed by atoms with Gasteiger partial charge in [-0.1, -0.05) is 6.08 Å². The van der Waals surface area contributed by atoms with Gasteiger partial charge in [0.25, 0.3) is 0 Å². The van der Waals surface area contributed by atoms with Gasteiger partial charge >= 0.3 is 0 Å². The summed E-state index contributed by atoms with van der Waals surface area (Å²) in [6.07, 6.45) is 9.28. The second-order valence-electron chi connectivity index (χ2n) is 7.19. The maximum Gasteiger partial charge on any atom is 0.0763 e. The second kappa shape index (κ2) is 4.73. The van der Waals surface area contributed by atoms with Gasteiger partial charge in [0.15, 0.2) is 0 Å². The van der Waals surface area contributed by atoms with Crippen LogP contribution in [0.4, 0.5) is 0 Å². The van der Waals surface area contributed by atoms with Gasteiger partial charge in [0.2, 0.25) is 0 Å². The summed E-state index contributed by atoms with van der Waals surface area (Å²) in [7, 11) is 0. The number of rotatable bonds is 4. The van der Waals surface area contributed by atoms with Crippen LogP contribution < -0.4 is 5.73 Å². The normalized spacial score (nSPS) is 38.4. The van der Waals surface area contributed by atoms with Crippen molar-refractivity contribution in [1.29, 1.82) is 0 Å². The third-order valence-electron chi connectivity index (χ3n) is 5.94. The molecule has 0 radical (unpaired) electrons. The zero-order valence-corrected chi connectivity index (χ0v) is 12.2. The average Bonchev–Trinajstić information content (AvgIpc) is 2.81. The molecule has 1 aromatic heterocycles. The van der Waals surface area contributed by atoms with E-state index in [1.165, 1.54) is 37.8 Å². The van der Waals surface area contributed by atoms with Gasteiger partial charge in [0.05, 0.1) is 12.2 Å². The lowest BCUT2D eigenvalue weighted by atomic mass is 9.51. The minimum Gasteiger partial charge on any atom is -0.325 e. The first kappa shape index (κ1) is 12.6. The summed E-state index contributed by atoms with van der Waals surface area (Å²) in [4.78, 5) is 0. The average molecular weight is 271 g/mol. The minimum atomic E-state index is 0.546. The van der Waals surface area contributed by atoms with E-state index in [-0.39, 0.29) is 0 Å². The molecule has 3 nitrogen and oxygen atoms in total. The lowest BCUT2D eigenvalue weighted by Gasteiger charge is -2.54. The standard InChI is InChI=1S/C17H25N3/c1-2-3-20-16(9-15(10-18)19-20)17-13-5-11-4-12(7-13)8-14(17)6-11/h2,9,11-14,17H,1,3-8,10,18H2.